The van der Waals surface area contributed by atoms with E-state index in [0.29, 0.717) is 39.2 Å². The Morgan fingerprint density at radius 2 is 1.83 bits per heavy atom. The lowest BCUT2D eigenvalue weighted by molar-refractivity contribution is -0.116. The summed E-state index contributed by atoms with van der Waals surface area (Å²) in [5, 5.41) is 3.79. The number of anilines is 1. The first-order valence-electron chi connectivity index (χ1n) is 9.30. The number of benzene rings is 2. The summed E-state index contributed by atoms with van der Waals surface area (Å²) in [6.07, 6.45) is 1.55. The van der Waals surface area contributed by atoms with E-state index in [-0.39, 0.29) is 18.0 Å². The number of carbonyl (C=O) groups excluding carboxylic acids is 1. The number of carbonyl (C=O) groups is 1. The smallest absolute Gasteiger partial charge is 0.254 e. The Bertz CT molecular complexity index is 1090. The summed E-state index contributed by atoms with van der Waals surface area (Å²) in [7, 11) is 0. The molecule has 0 saturated carbocycles. The molecule has 1 N–H and O–H groups in total. The van der Waals surface area contributed by atoms with Crippen LogP contribution in [0.5, 0.6) is 0 Å². The molecular weight excluding hydrogens is 409 g/mol. The maximum Gasteiger partial charge on any atom is 0.254 e. The Balaban J connectivity index is 1.95. The van der Waals surface area contributed by atoms with Gasteiger partial charge in [0, 0.05) is 22.3 Å². The second-order valence-corrected chi connectivity index (χ2v) is 7.63. The number of hydrogen-bond acceptors (Lipinski definition) is 3. The van der Waals surface area contributed by atoms with E-state index in [1.165, 1.54) is 10.6 Å². The molecule has 0 saturated heterocycles. The highest BCUT2D eigenvalue weighted by atomic mass is 35.5. The monoisotopic (exact) mass is 429 g/mol. The highest BCUT2D eigenvalue weighted by molar-refractivity contribution is 6.33. The van der Waals surface area contributed by atoms with Crippen molar-refractivity contribution < 1.29 is 4.79 Å². The number of halogens is 2. The Morgan fingerprint density at radius 3 is 2.48 bits per heavy atom. The van der Waals surface area contributed by atoms with E-state index in [4.69, 9.17) is 23.2 Å². The van der Waals surface area contributed by atoms with Crippen LogP contribution in [-0.2, 0) is 17.8 Å². The van der Waals surface area contributed by atoms with Gasteiger partial charge >= 0.3 is 0 Å². The zero-order chi connectivity index (χ0) is 21.0. The van der Waals surface area contributed by atoms with Gasteiger partial charge in [-0.15, -0.1) is 0 Å². The van der Waals surface area contributed by atoms with Crippen LogP contribution in [0, 0.1) is 6.92 Å². The van der Waals surface area contributed by atoms with Crippen molar-refractivity contribution in [2.75, 3.05) is 5.32 Å². The minimum Gasteiger partial charge on any atom is -0.323 e. The molecule has 1 aromatic heterocycles. The first kappa shape index (κ1) is 21.1. The normalized spacial score (nSPS) is 10.8. The standard InChI is InChI=1S/C22H21Cl2N3O2/c1-3-4-17-12-21(29)27(22(25-17)15-6-8-16(23)9-7-15)13-20(28)26-19-10-5-14(2)11-18(19)24/h5-12H,3-4,13H2,1-2H3,(H,26,28). The van der Waals surface area contributed by atoms with Crippen LogP contribution >= 0.6 is 23.2 Å². The van der Waals surface area contributed by atoms with Gasteiger partial charge in [0.2, 0.25) is 5.91 Å². The number of hydrogen-bond donors (Lipinski definition) is 1. The molecule has 29 heavy (non-hydrogen) atoms. The molecule has 1 heterocycles. The van der Waals surface area contributed by atoms with Gasteiger partial charge in [-0.2, -0.15) is 0 Å². The third kappa shape index (κ3) is 5.25. The van der Waals surface area contributed by atoms with Crippen molar-refractivity contribution in [3.05, 3.63) is 80.2 Å². The van der Waals surface area contributed by atoms with Crippen LogP contribution in [0.2, 0.25) is 10.0 Å². The molecule has 150 valence electrons. The van der Waals surface area contributed by atoms with Crippen LogP contribution < -0.4 is 10.9 Å². The summed E-state index contributed by atoms with van der Waals surface area (Å²) in [5.41, 5.74) is 2.62. The number of aromatic nitrogens is 2. The molecule has 3 rings (SSSR count). The van der Waals surface area contributed by atoms with Crippen LogP contribution in [0.4, 0.5) is 5.69 Å². The number of rotatable bonds is 6. The SMILES string of the molecule is CCCc1cc(=O)n(CC(=O)Nc2ccc(C)cc2Cl)c(-c2ccc(Cl)cc2)n1. The lowest BCUT2D eigenvalue weighted by Crippen LogP contribution is -2.30. The van der Waals surface area contributed by atoms with Crippen LogP contribution in [0.15, 0.2) is 53.3 Å². The largest absolute Gasteiger partial charge is 0.323 e. The van der Waals surface area contributed by atoms with E-state index in [2.05, 4.69) is 10.3 Å². The summed E-state index contributed by atoms with van der Waals surface area (Å²) in [6.45, 7) is 3.76. The minimum absolute atomic E-state index is 0.180. The van der Waals surface area contributed by atoms with Gasteiger partial charge < -0.3 is 5.32 Å². The lowest BCUT2D eigenvalue weighted by Gasteiger charge is -2.14. The van der Waals surface area contributed by atoms with Crippen molar-refractivity contribution in [2.45, 2.75) is 33.2 Å². The number of aryl methyl sites for hydroxylation is 2. The fraction of sp³-hybridized carbons (Fsp3) is 0.227. The zero-order valence-electron chi connectivity index (χ0n) is 16.2. The highest BCUT2D eigenvalue weighted by Crippen LogP contribution is 2.23. The molecule has 0 aliphatic heterocycles. The molecule has 0 atom stereocenters. The minimum atomic E-state index is -0.363. The maximum atomic E-state index is 12.8. The van der Waals surface area contributed by atoms with E-state index < -0.39 is 0 Å². The molecule has 5 nitrogen and oxygen atoms in total. The molecule has 7 heteroatoms. The summed E-state index contributed by atoms with van der Waals surface area (Å²) in [4.78, 5) is 30.0. The second kappa shape index (κ2) is 9.25. The summed E-state index contributed by atoms with van der Waals surface area (Å²) in [5.74, 6) is 0.0703. The first-order valence-corrected chi connectivity index (χ1v) is 10.1. The molecule has 0 fully saturated rings. The molecule has 0 bridgehead atoms. The van der Waals surface area contributed by atoms with E-state index in [1.807, 2.05) is 19.9 Å². The van der Waals surface area contributed by atoms with Gasteiger partial charge in [-0.3, -0.25) is 14.2 Å². The molecule has 0 aliphatic rings. The molecule has 0 radical (unpaired) electrons. The first-order chi connectivity index (χ1) is 13.9. The van der Waals surface area contributed by atoms with Crippen molar-refractivity contribution in [3.8, 4) is 11.4 Å². The van der Waals surface area contributed by atoms with Crippen molar-refractivity contribution in [3.63, 3.8) is 0 Å². The van der Waals surface area contributed by atoms with Crippen molar-refractivity contribution in [1.29, 1.82) is 0 Å². The molecule has 0 spiro atoms. The van der Waals surface area contributed by atoms with Crippen molar-refractivity contribution in [1.82, 2.24) is 9.55 Å². The highest BCUT2D eigenvalue weighted by Gasteiger charge is 2.15. The molecule has 1 amide bonds. The second-order valence-electron chi connectivity index (χ2n) is 6.78. The maximum absolute atomic E-state index is 12.8. The average molecular weight is 430 g/mol. The zero-order valence-corrected chi connectivity index (χ0v) is 17.7. The topological polar surface area (TPSA) is 64.0 Å². The van der Waals surface area contributed by atoms with Gasteiger partial charge in [-0.05, 0) is 55.3 Å². The van der Waals surface area contributed by atoms with E-state index in [0.717, 1.165) is 12.0 Å². The fourth-order valence-electron chi connectivity index (χ4n) is 2.96. The third-order valence-electron chi connectivity index (χ3n) is 4.37. The molecule has 0 aliphatic carbocycles. The van der Waals surface area contributed by atoms with Gasteiger partial charge in [0.25, 0.3) is 5.56 Å². The number of amides is 1. The van der Waals surface area contributed by atoms with Gasteiger partial charge in [-0.1, -0.05) is 42.6 Å². The van der Waals surface area contributed by atoms with Gasteiger partial charge in [0.1, 0.15) is 12.4 Å². The number of nitrogens with zero attached hydrogens (tertiary/aromatic N) is 2. The van der Waals surface area contributed by atoms with Gasteiger partial charge in [0.15, 0.2) is 0 Å². The molecular formula is C22H21Cl2N3O2. The predicted octanol–water partition coefficient (Wildman–Crippen LogP) is 5.12. The Morgan fingerprint density at radius 1 is 1.10 bits per heavy atom. The van der Waals surface area contributed by atoms with Crippen LogP contribution in [0.1, 0.15) is 24.6 Å². The van der Waals surface area contributed by atoms with E-state index in [1.54, 1.807) is 36.4 Å². The van der Waals surface area contributed by atoms with Crippen molar-refractivity contribution in [2.24, 2.45) is 0 Å². The quantitative estimate of drug-likeness (QED) is 0.591. The van der Waals surface area contributed by atoms with Crippen LogP contribution in [0.3, 0.4) is 0 Å². The molecule has 3 aromatic rings. The summed E-state index contributed by atoms with van der Waals surface area (Å²) in [6, 6.07) is 13.9. The fourth-order valence-corrected chi connectivity index (χ4v) is 3.37. The Kier molecular flexibility index (Phi) is 6.72. The lowest BCUT2D eigenvalue weighted by atomic mass is 10.2. The predicted molar refractivity (Wildman–Crippen MR) is 118 cm³/mol. The average Bonchev–Trinajstić information content (AvgIpc) is 2.67. The van der Waals surface area contributed by atoms with E-state index in [9.17, 15) is 9.59 Å². The summed E-state index contributed by atoms with van der Waals surface area (Å²) >= 11 is 12.2. The molecule has 0 unspecified atom stereocenters. The Hall–Kier alpha value is -2.63. The number of nitrogens with one attached hydrogen (secondary N) is 1. The van der Waals surface area contributed by atoms with Crippen LogP contribution in [-0.4, -0.2) is 15.5 Å². The third-order valence-corrected chi connectivity index (χ3v) is 4.93. The van der Waals surface area contributed by atoms with Crippen molar-refractivity contribution >= 4 is 34.8 Å². The van der Waals surface area contributed by atoms with Crippen LogP contribution in [0.25, 0.3) is 11.4 Å². The van der Waals surface area contributed by atoms with Gasteiger partial charge in [0.05, 0.1) is 10.7 Å². The Labute approximate surface area is 179 Å². The van der Waals surface area contributed by atoms with E-state index >= 15 is 0 Å². The molecule has 2 aromatic carbocycles. The van der Waals surface area contributed by atoms with Gasteiger partial charge in [-0.25, -0.2) is 4.98 Å². The summed E-state index contributed by atoms with van der Waals surface area (Å²) < 4.78 is 1.36.